The average molecular weight is 449 g/mol. The summed E-state index contributed by atoms with van der Waals surface area (Å²) in [6.07, 6.45) is 1.23. The molecule has 1 aromatic heterocycles. The van der Waals surface area contributed by atoms with E-state index in [1.54, 1.807) is 6.92 Å². The highest BCUT2D eigenvalue weighted by Gasteiger charge is 2.48. The zero-order chi connectivity index (χ0) is 23.5. The number of anilines is 1. The topological polar surface area (TPSA) is 113 Å². The highest BCUT2D eigenvalue weighted by atomic mass is 19.1. The van der Waals surface area contributed by atoms with E-state index in [9.17, 15) is 22.4 Å². The maximum atomic E-state index is 14.6. The fourth-order valence-corrected chi connectivity index (χ4v) is 3.25. The van der Waals surface area contributed by atoms with E-state index < -0.39 is 55.3 Å². The van der Waals surface area contributed by atoms with Crippen LogP contribution in [-0.2, 0) is 10.3 Å². The number of pyridine rings is 1. The van der Waals surface area contributed by atoms with Crippen LogP contribution in [0.3, 0.4) is 0 Å². The second kappa shape index (κ2) is 8.92. The number of carbonyl (C=O) groups is 1. The maximum absolute atomic E-state index is 14.6. The lowest BCUT2D eigenvalue weighted by atomic mass is 9.88. The SMILES string of the molecule is Cc1cc(C#N)cnc1C(=O)Nc1ccc(F)c(C2(CF)COC(CF)(CF)C(N)=N2)c1. The number of rotatable bonds is 6. The van der Waals surface area contributed by atoms with Crippen LogP contribution in [0, 0.1) is 24.1 Å². The third-order valence-electron chi connectivity index (χ3n) is 5.19. The molecule has 1 aliphatic rings. The Kier molecular flexibility index (Phi) is 6.45. The molecule has 0 saturated carbocycles. The molecule has 168 valence electrons. The second-order valence-corrected chi connectivity index (χ2v) is 7.36. The predicted molar refractivity (Wildman–Crippen MR) is 108 cm³/mol. The number of halogens is 4. The van der Waals surface area contributed by atoms with E-state index in [2.05, 4.69) is 15.3 Å². The van der Waals surface area contributed by atoms with Gasteiger partial charge in [0.05, 0.1) is 12.2 Å². The number of aryl methyl sites for hydroxylation is 1. The van der Waals surface area contributed by atoms with Crippen molar-refractivity contribution in [2.75, 3.05) is 31.9 Å². The first kappa shape index (κ1) is 23.1. The van der Waals surface area contributed by atoms with Crippen molar-refractivity contribution in [3.8, 4) is 6.07 Å². The monoisotopic (exact) mass is 449 g/mol. The van der Waals surface area contributed by atoms with E-state index in [4.69, 9.17) is 15.7 Å². The van der Waals surface area contributed by atoms with Crippen molar-refractivity contribution in [2.45, 2.75) is 18.1 Å². The Hall–Kier alpha value is -3.52. The molecule has 2 heterocycles. The summed E-state index contributed by atoms with van der Waals surface area (Å²) in [5.41, 5.74) is 2.08. The summed E-state index contributed by atoms with van der Waals surface area (Å²) in [6.45, 7) is -2.99. The lowest BCUT2D eigenvalue weighted by Gasteiger charge is -2.40. The molecule has 1 amide bonds. The molecule has 0 radical (unpaired) electrons. The first-order chi connectivity index (χ1) is 15.2. The van der Waals surface area contributed by atoms with Crippen molar-refractivity contribution in [1.82, 2.24) is 4.98 Å². The van der Waals surface area contributed by atoms with E-state index in [1.165, 1.54) is 18.3 Å². The summed E-state index contributed by atoms with van der Waals surface area (Å²) in [4.78, 5) is 20.4. The fraction of sp³-hybridized carbons (Fsp3) is 0.333. The van der Waals surface area contributed by atoms with Crippen molar-refractivity contribution < 1.29 is 27.1 Å². The van der Waals surface area contributed by atoms with Crippen molar-refractivity contribution in [1.29, 1.82) is 5.26 Å². The van der Waals surface area contributed by atoms with E-state index >= 15 is 0 Å². The molecule has 32 heavy (non-hydrogen) atoms. The standard InChI is InChI=1S/C21H19F4N5O2/c1-12-4-13(6-26)7-28-17(12)18(31)29-14-2-3-16(25)15(5-14)20(8-22)11-32-21(9-23,10-24)19(27)30-20/h2-5,7H,8-11H2,1H3,(H2,27,30)(H,29,31). The smallest absolute Gasteiger partial charge is 0.274 e. The largest absolute Gasteiger partial charge is 0.385 e. The van der Waals surface area contributed by atoms with Gasteiger partial charge in [-0.05, 0) is 36.8 Å². The summed E-state index contributed by atoms with van der Waals surface area (Å²) >= 11 is 0. The Morgan fingerprint density at radius 1 is 1.28 bits per heavy atom. The lowest BCUT2D eigenvalue weighted by Crippen LogP contribution is -2.58. The van der Waals surface area contributed by atoms with Gasteiger partial charge in [-0.25, -0.2) is 22.5 Å². The number of hydrogen-bond donors (Lipinski definition) is 2. The number of benzene rings is 1. The van der Waals surface area contributed by atoms with Crippen LogP contribution in [0.1, 0.15) is 27.2 Å². The molecule has 3 rings (SSSR count). The highest BCUT2D eigenvalue weighted by Crippen LogP contribution is 2.37. The van der Waals surface area contributed by atoms with Gasteiger partial charge in [-0.15, -0.1) is 0 Å². The number of amides is 1. The summed E-state index contributed by atoms with van der Waals surface area (Å²) < 4.78 is 60.5. The summed E-state index contributed by atoms with van der Waals surface area (Å²) in [5, 5.41) is 11.4. The number of alkyl halides is 3. The van der Waals surface area contributed by atoms with E-state index in [0.29, 0.717) is 5.56 Å². The van der Waals surface area contributed by atoms with Gasteiger partial charge in [0, 0.05) is 17.4 Å². The molecule has 0 bridgehead atoms. The number of aliphatic imine (C=N–C) groups is 1. The molecule has 0 fully saturated rings. The molecular formula is C21H19F4N5O2. The number of nitriles is 1. The Bertz CT molecular complexity index is 1110. The lowest BCUT2D eigenvalue weighted by molar-refractivity contribution is -0.0644. The molecule has 1 unspecified atom stereocenters. The second-order valence-electron chi connectivity index (χ2n) is 7.36. The maximum Gasteiger partial charge on any atom is 0.274 e. The van der Waals surface area contributed by atoms with E-state index in [1.807, 2.05) is 6.07 Å². The normalized spacial score (nSPS) is 19.7. The van der Waals surface area contributed by atoms with Crippen LogP contribution in [0.15, 0.2) is 35.5 Å². The molecule has 7 nitrogen and oxygen atoms in total. The molecular weight excluding hydrogens is 430 g/mol. The van der Waals surface area contributed by atoms with Crippen LogP contribution in [0.25, 0.3) is 0 Å². The predicted octanol–water partition coefficient (Wildman–Crippen LogP) is 2.88. The minimum absolute atomic E-state index is 0.0361. The Labute approximate surface area is 180 Å². The summed E-state index contributed by atoms with van der Waals surface area (Å²) in [6, 6.07) is 6.76. The van der Waals surface area contributed by atoms with Crippen LogP contribution in [0.4, 0.5) is 23.2 Å². The van der Waals surface area contributed by atoms with Crippen molar-refractivity contribution in [3.05, 3.63) is 58.7 Å². The number of hydrogen-bond acceptors (Lipinski definition) is 6. The number of nitrogens with one attached hydrogen (secondary N) is 1. The molecule has 1 aliphatic heterocycles. The quantitative estimate of drug-likeness (QED) is 0.659. The number of aromatic nitrogens is 1. The minimum atomic E-state index is -2.14. The Morgan fingerprint density at radius 2 is 2.00 bits per heavy atom. The number of carbonyl (C=O) groups excluding carboxylic acids is 1. The van der Waals surface area contributed by atoms with Gasteiger partial charge in [0.15, 0.2) is 5.60 Å². The van der Waals surface area contributed by atoms with Crippen molar-refractivity contribution in [3.63, 3.8) is 0 Å². The van der Waals surface area contributed by atoms with Gasteiger partial charge in [-0.2, -0.15) is 5.26 Å². The van der Waals surface area contributed by atoms with Gasteiger partial charge in [0.1, 0.15) is 49.0 Å². The molecule has 3 N–H and O–H groups in total. The molecule has 0 spiro atoms. The van der Waals surface area contributed by atoms with Gasteiger partial charge in [0.25, 0.3) is 5.91 Å². The average Bonchev–Trinajstić information content (AvgIpc) is 2.80. The van der Waals surface area contributed by atoms with Gasteiger partial charge >= 0.3 is 0 Å². The molecule has 0 aliphatic carbocycles. The molecule has 1 atom stereocenters. The Balaban J connectivity index is 1.96. The van der Waals surface area contributed by atoms with Crippen LogP contribution in [0.5, 0.6) is 0 Å². The minimum Gasteiger partial charge on any atom is -0.385 e. The van der Waals surface area contributed by atoms with Crippen LogP contribution < -0.4 is 11.1 Å². The van der Waals surface area contributed by atoms with Gasteiger partial charge in [-0.3, -0.25) is 9.79 Å². The van der Waals surface area contributed by atoms with Crippen molar-refractivity contribution in [2.24, 2.45) is 10.7 Å². The van der Waals surface area contributed by atoms with Crippen LogP contribution in [0.2, 0.25) is 0 Å². The van der Waals surface area contributed by atoms with Gasteiger partial charge in [-0.1, -0.05) is 0 Å². The molecule has 1 aromatic carbocycles. The number of ether oxygens (including phenoxy) is 1. The number of nitrogens with two attached hydrogens (primary N) is 1. The first-order valence-corrected chi connectivity index (χ1v) is 9.40. The first-order valence-electron chi connectivity index (χ1n) is 9.40. The van der Waals surface area contributed by atoms with Crippen LogP contribution >= 0.6 is 0 Å². The highest BCUT2D eigenvalue weighted by molar-refractivity contribution is 6.04. The van der Waals surface area contributed by atoms with Gasteiger partial charge in [0.2, 0.25) is 0 Å². The van der Waals surface area contributed by atoms with E-state index in [0.717, 1.165) is 12.1 Å². The number of amidine groups is 1. The summed E-state index contributed by atoms with van der Waals surface area (Å²) in [7, 11) is 0. The Morgan fingerprint density at radius 3 is 2.56 bits per heavy atom. The molecule has 2 aromatic rings. The van der Waals surface area contributed by atoms with Crippen LogP contribution in [-0.4, -0.2) is 49.0 Å². The third-order valence-corrected chi connectivity index (χ3v) is 5.19. The van der Waals surface area contributed by atoms with Crippen molar-refractivity contribution >= 4 is 17.4 Å². The molecule has 0 saturated heterocycles. The number of nitrogens with zero attached hydrogens (tertiary/aromatic N) is 3. The molecule has 11 heteroatoms. The fourth-order valence-electron chi connectivity index (χ4n) is 3.25. The van der Waals surface area contributed by atoms with Gasteiger partial charge < -0.3 is 15.8 Å². The zero-order valence-corrected chi connectivity index (χ0v) is 17.0. The summed E-state index contributed by atoms with van der Waals surface area (Å²) in [5.74, 6) is -2.14. The van der Waals surface area contributed by atoms with E-state index in [-0.39, 0.29) is 22.5 Å². The third kappa shape index (κ3) is 4.01. The zero-order valence-electron chi connectivity index (χ0n) is 17.0.